The quantitative estimate of drug-likeness (QED) is 0.488. The van der Waals surface area contributed by atoms with Crippen LogP contribution in [0.4, 0.5) is 0 Å². The predicted octanol–water partition coefficient (Wildman–Crippen LogP) is 4.47. The second-order valence-electron chi connectivity index (χ2n) is 7.28. The Hall–Kier alpha value is -0.933. The standard InChI is InChI=1S/C17H25IN2O3Si/c1-12-6-7-15(19-10-12)22-11-13-14(23-20-16(13)18)8-9-17(2,3)24(4,5)21/h6-7,10,21H,8-9,11H2,1-5H3. The van der Waals surface area contributed by atoms with Crippen molar-refractivity contribution in [1.29, 1.82) is 0 Å². The van der Waals surface area contributed by atoms with Gasteiger partial charge in [-0.2, -0.15) is 0 Å². The molecular weight excluding hydrogens is 435 g/mol. The Bertz CT molecular complexity index is 678. The topological polar surface area (TPSA) is 68.4 Å². The Morgan fingerprint density at radius 3 is 2.62 bits per heavy atom. The van der Waals surface area contributed by atoms with Crippen LogP contribution in [-0.4, -0.2) is 23.3 Å². The van der Waals surface area contributed by atoms with E-state index in [4.69, 9.17) is 9.26 Å². The number of pyridine rings is 1. The maximum absolute atomic E-state index is 10.4. The van der Waals surface area contributed by atoms with Gasteiger partial charge in [0.1, 0.15) is 12.4 Å². The summed E-state index contributed by atoms with van der Waals surface area (Å²) in [6.07, 6.45) is 3.37. The fourth-order valence-corrected chi connectivity index (χ4v) is 3.37. The van der Waals surface area contributed by atoms with Crippen molar-refractivity contribution in [3.05, 3.63) is 38.9 Å². The molecule has 24 heavy (non-hydrogen) atoms. The van der Waals surface area contributed by atoms with Crippen LogP contribution in [0, 0.1) is 10.6 Å². The van der Waals surface area contributed by atoms with Crippen molar-refractivity contribution in [1.82, 2.24) is 10.1 Å². The van der Waals surface area contributed by atoms with Crippen LogP contribution in [0.3, 0.4) is 0 Å². The summed E-state index contributed by atoms with van der Waals surface area (Å²) in [5.41, 5.74) is 2.06. The molecule has 0 spiro atoms. The first-order valence-corrected chi connectivity index (χ1v) is 12.0. The van der Waals surface area contributed by atoms with Gasteiger partial charge in [0.25, 0.3) is 0 Å². The Labute approximate surface area is 158 Å². The smallest absolute Gasteiger partial charge is 0.213 e. The molecule has 0 radical (unpaired) electrons. The summed E-state index contributed by atoms with van der Waals surface area (Å²) in [5, 5.41) is 3.97. The Morgan fingerprint density at radius 1 is 1.33 bits per heavy atom. The molecule has 0 amide bonds. The Morgan fingerprint density at radius 2 is 2.04 bits per heavy atom. The number of nitrogens with zero attached hydrogens (tertiary/aromatic N) is 2. The largest absolute Gasteiger partial charge is 0.473 e. The summed E-state index contributed by atoms with van der Waals surface area (Å²) < 4.78 is 12.1. The van der Waals surface area contributed by atoms with Crippen LogP contribution in [0.5, 0.6) is 5.88 Å². The van der Waals surface area contributed by atoms with Gasteiger partial charge in [0.05, 0.1) is 5.56 Å². The van der Waals surface area contributed by atoms with Gasteiger partial charge < -0.3 is 14.1 Å². The van der Waals surface area contributed by atoms with E-state index in [0.717, 1.165) is 33.4 Å². The first-order valence-electron chi connectivity index (χ1n) is 8.01. The predicted molar refractivity (Wildman–Crippen MR) is 105 cm³/mol. The van der Waals surface area contributed by atoms with Crippen LogP contribution in [0.15, 0.2) is 22.9 Å². The van der Waals surface area contributed by atoms with Gasteiger partial charge in [0.2, 0.25) is 5.88 Å². The molecule has 0 aromatic carbocycles. The monoisotopic (exact) mass is 460 g/mol. The fourth-order valence-electron chi connectivity index (χ4n) is 2.07. The third kappa shape index (κ3) is 4.79. The minimum absolute atomic E-state index is 0.0954. The van der Waals surface area contributed by atoms with E-state index in [1.165, 1.54) is 0 Å². The van der Waals surface area contributed by atoms with Crippen molar-refractivity contribution in [2.75, 3.05) is 0 Å². The van der Waals surface area contributed by atoms with Crippen molar-refractivity contribution in [2.24, 2.45) is 0 Å². The average Bonchev–Trinajstić information content (AvgIpc) is 2.84. The van der Waals surface area contributed by atoms with Crippen LogP contribution in [-0.2, 0) is 13.0 Å². The molecule has 0 saturated heterocycles. The Balaban J connectivity index is 2.04. The number of aryl methyl sites for hydroxylation is 2. The summed E-state index contributed by atoms with van der Waals surface area (Å²) >= 11 is 2.16. The lowest BCUT2D eigenvalue weighted by atomic mass is 10.0. The van der Waals surface area contributed by atoms with E-state index in [0.29, 0.717) is 12.5 Å². The van der Waals surface area contributed by atoms with Gasteiger partial charge >= 0.3 is 0 Å². The van der Waals surface area contributed by atoms with Gasteiger partial charge in [0, 0.05) is 18.7 Å². The Kier molecular flexibility index (Phi) is 6.08. The lowest BCUT2D eigenvalue weighted by molar-refractivity contribution is 0.287. The highest BCUT2D eigenvalue weighted by molar-refractivity contribution is 14.1. The molecular formula is C17H25IN2O3Si. The highest BCUT2D eigenvalue weighted by atomic mass is 127. The maximum Gasteiger partial charge on any atom is 0.213 e. The second kappa shape index (κ2) is 7.53. The van der Waals surface area contributed by atoms with Crippen molar-refractivity contribution < 1.29 is 14.1 Å². The van der Waals surface area contributed by atoms with Crippen LogP contribution in [0.25, 0.3) is 0 Å². The molecule has 2 aromatic heterocycles. The van der Waals surface area contributed by atoms with E-state index in [-0.39, 0.29) is 5.04 Å². The summed E-state index contributed by atoms with van der Waals surface area (Å²) in [4.78, 5) is 14.7. The number of aromatic nitrogens is 2. The molecule has 7 heteroatoms. The van der Waals surface area contributed by atoms with E-state index in [2.05, 4.69) is 46.6 Å². The van der Waals surface area contributed by atoms with Crippen molar-refractivity contribution in [3.8, 4) is 5.88 Å². The van der Waals surface area contributed by atoms with E-state index in [1.54, 1.807) is 6.20 Å². The summed E-state index contributed by atoms with van der Waals surface area (Å²) in [5.74, 6) is 1.42. The highest BCUT2D eigenvalue weighted by Gasteiger charge is 2.38. The molecule has 2 rings (SSSR count). The number of halogens is 1. The SMILES string of the molecule is Cc1ccc(OCc2c(I)noc2CCC(C)(C)[Si](C)(C)O)nc1. The first-order chi connectivity index (χ1) is 11.1. The van der Waals surface area contributed by atoms with Crippen molar-refractivity contribution in [3.63, 3.8) is 0 Å². The van der Waals surface area contributed by atoms with Gasteiger partial charge in [-0.25, -0.2) is 4.98 Å². The molecule has 2 heterocycles. The fraction of sp³-hybridized carbons (Fsp3) is 0.529. The van der Waals surface area contributed by atoms with Gasteiger partial charge in [-0.05, 0) is 59.6 Å². The molecule has 0 atom stereocenters. The van der Waals surface area contributed by atoms with Crippen LogP contribution < -0.4 is 4.74 Å². The number of hydrogen-bond donors (Lipinski definition) is 1. The van der Waals surface area contributed by atoms with E-state index in [1.807, 2.05) is 32.2 Å². The molecule has 0 bridgehead atoms. The zero-order valence-electron chi connectivity index (χ0n) is 14.9. The van der Waals surface area contributed by atoms with E-state index >= 15 is 0 Å². The van der Waals surface area contributed by atoms with Gasteiger partial charge in [-0.1, -0.05) is 25.1 Å². The van der Waals surface area contributed by atoms with Crippen LogP contribution in [0.1, 0.15) is 37.2 Å². The molecule has 1 N–H and O–H groups in total. The lowest BCUT2D eigenvalue weighted by Gasteiger charge is -2.34. The summed E-state index contributed by atoms with van der Waals surface area (Å²) in [6, 6.07) is 3.83. The molecule has 132 valence electrons. The highest BCUT2D eigenvalue weighted by Crippen LogP contribution is 2.40. The maximum atomic E-state index is 10.4. The molecule has 0 aliphatic carbocycles. The van der Waals surface area contributed by atoms with Gasteiger partial charge in [-0.3, -0.25) is 0 Å². The van der Waals surface area contributed by atoms with Crippen LogP contribution >= 0.6 is 22.6 Å². The molecule has 0 fully saturated rings. The average molecular weight is 460 g/mol. The van der Waals surface area contributed by atoms with Crippen molar-refractivity contribution >= 4 is 30.9 Å². The molecule has 0 unspecified atom stereocenters. The molecule has 5 nitrogen and oxygen atoms in total. The van der Waals surface area contributed by atoms with Crippen molar-refractivity contribution in [2.45, 2.75) is 58.4 Å². The van der Waals surface area contributed by atoms with Gasteiger partial charge in [-0.15, -0.1) is 0 Å². The minimum atomic E-state index is -2.23. The summed E-state index contributed by atoms with van der Waals surface area (Å²) in [7, 11) is -2.23. The molecule has 0 saturated carbocycles. The lowest BCUT2D eigenvalue weighted by Crippen LogP contribution is -2.39. The van der Waals surface area contributed by atoms with E-state index in [9.17, 15) is 4.80 Å². The second-order valence-corrected chi connectivity index (χ2v) is 12.8. The summed E-state index contributed by atoms with van der Waals surface area (Å²) in [6.45, 7) is 10.6. The number of hydrogen-bond acceptors (Lipinski definition) is 5. The molecule has 2 aromatic rings. The van der Waals surface area contributed by atoms with E-state index < -0.39 is 8.32 Å². The van der Waals surface area contributed by atoms with Crippen LogP contribution in [0.2, 0.25) is 18.1 Å². The molecule has 0 aliphatic rings. The third-order valence-corrected chi connectivity index (χ3v) is 9.11. The number of rotatable bonds is 7. The normalized spacial score (nSPS) is 12.5. The first kappa shape index (κ1) is 19.4. The zero-order chi connectivity index (χ0) is 18.0. The number of ether oxygens (including phenoxy) is 1. The third-order valence-electron chi connectivity index (χ3n) is 4.70. The minimum Gasteiger partial charge on any atom is -0.473 e. The van der Waals surface area contributed by atoms with Gasteiger partial charge in [0.15, 0.2) is 12.0 Å². The molecule has 0 aliphatic heterocycles. The zero-order valence-corrected chi connectivity index (χ0v) is 18.0.